The van der Waals surface area contributed by atoms with Gasteiger partial charge < -0.3 is 15.0 Å². The van der Waals surface area contributed by atoms with Crippen LogP contribution in [0.4, 0.5) is 0 Å². The maximum absolute atomic E-state index is 5.98. The van der Waals surface area contributed by atoms with E-state index in [1.807, 2.05) is 32.9 Å². The Hall–Kier alpha value is -1.88. The normalized spacial score (nSPS) is 14.0. The van der Waals surface area contributed by atoms with Crippen LogP contribution in [0.15, 0.2) is 16.7 Å². The average Bonchev–Trinajstić information content (AvgIpc) is 2.92. The van der Waals surface area contributed by atoms with E-state index in [1.165, 1.54) is 0 Å². The zero-order valence-electron chi connectivity index (χ0n) is 13.3. The van der Waals surface area contributed by atoms with Gasteiger partial charge in [0.25, 0.3) is 0 Å². The van der Waals surface area contributed by atoms with Crippen LogP contribution in [0.25, 0.3) is 11.4 Å². The third-order valence-electron chi connectivity index (χ3n) is 3.44. The van der Waals surface area contributed by atoms with Crippen LogP contribution in [0.1, 0.15) is 50.3 Å². The van der Waals surface area contributed by atoms with E-state index in [-0.39, 0.29) is 12.1 Å². The minimum Gasteiger partial charge on any atom is -0.490 e. The van der Waals surface area contributed by atoms with Crippen molar-refractivity contribution in [2.75, 3.05) is 0 Å². The first-order valence-corrected chi connectivity index (χ1v) is 7.29. The molecule has 21 heavy (non-hydrogen) atoms. The maximum Gasteiger partial charge on any atom is 0.243 e. The summed E-state index contributed by atoms with van der Waals surface area (Å²) in [7, 11) is 0. The van der Waals surface area contributed by atoms with E-state index in [0.29, 0.717) is 11.7 Å². The van der Waals surface area contributed by atoms with Gasteiger partial charge >= 0.3 is 0 Å². The lowest BCUT2D eigenvalue weighted by Gasteiger charge is -2.17. The molecule has 0 bridgehead atoms. The van der Waals surface area contributed by atoms with Gasteiger partial charge in [-0.2, -0.15) is 4.98 Å². The summed E-state index contributed by atoms with van der Waals surface area (Å²) in [5.41, 5.74) is 8.79. The van der Waals surface area contributed by atoms with Crippen LogP contribution in [0.2, 0.25) is 0 Å². The van der Waals surface area contributed by atoms with Crippen molar-refractivity contribution in [2.45, 2.75) is 53.2 Å². The molecule has 0 aliphatic carbocycles. The fourth-order valence-electron chi connectivity index (χ4n) is 2.09. The van der Waals surface area contributed by atoms with Gasteiger partial charge in [0.2, 0.25) is 11.7 Å². The first-order chi connectivity index (χ1) is 9.92. The number of ether oxygens (including phenoxy) is 1. The molecule has 0 aliphatic rings. The van der Waals surface area contributed by atoms with Gasteiger partial charge in [0.1, 0.15) is 5.75 Å². The van der Waals surface area contributed by atoms with Crippen LogP contribution in [0.5, 0.6) is 5.75 Å². The number of hydrogen-bond acceptors (Lipinski definition) is 5. The lowest BCUT2D eigenvalue weighted by atomic mass is 10.0. The zero-order chi connectivity index (χ0) is 15.6. The summed E-state index contributed by atoms with van der Waals surface area (Å²) in [4.78, 5) is 4.33. The van der Waals surface area contributed by atoms with Crippen LogP contribution in [0, 0.1) is 13.8 Å². The number of rotatable bonds is 5. The Morgan fingerprint density at radius 2 is 1.86 bits per heavy atom. The van der Waals surface area contributed by atoms with E-state index < -0.39 is 0 Å². The lowest BCUT2D eigenvalue weighted by Crippen LogP contribution is -2.11. The third kappa shape index (κ3) is 3.42. The van der Waals surface area contributed by atoms with Crippen molar-refractivity contribution in [3.63, 3.8) is 0 Å². The molecule has 1 heterocycles. The molecule has 0 fully saturated rings. The van der Waals surface area contributed by atoms with E-state index in [4.69, 9.17) is 15.0 Å². The molecule has 0 amide bonds. The molecule has 0 saturated heterocycles. The SMILES string of the molecule is CC[C@H](C)Oc1c(C)cc(-c2noc([C@@H](C)N)n2)cc1C. The number of nitrogens with two attached hydrogens (primary N) is 1. The summed E-state index contributed by atoms with van der Waals surface area (Å²) in [5.74, 6) is 1.94. The number of nitrogens with zero attached hydrogens (tertiary/aromatic N) is 2. The summed E-state index contributed by atoms with van der Waals surface area (Å²) in [6.07, 6.45) is 1.17. The minimum absolute atomic E-state index is 0.197. The van der Waals surface area contributed by atoms with Crippen LogP contribution in [-0.2, 0) is 0 Å². The van der Waals surface area contributed by atoms with Crippen molar-refractivity contribution >= 4 is 0 Å². The van der Waals surface area contributed by atoms with Gasteiger partial charge in [0.15, 0.2) is 0 Å². The highest BCUT2D eigenvalue weighted by Gasteiger charge is 2.15. The lowest BCUT2D eigenvalue weighted by molar-refractivity contribution is 0.214. The number of hydrogen-bond donors (Lipinski definition) is 1. The molecule has 0 aliphatic heterocycles. The molecule has 2 N–H and O–H groups in total. The maximum atomic E-state index is 5.98. The molecule has 5 nitrogen and oxygen atoms in total. The molecule has 1 aromatic heterocycles. The molecule has 1 aromatic carbocycles. The zero-order valence-corrected chi connectivity index (χ0v) is 13.3. The molecular weight excluding hydrogens is 266 g/mol. The van der Waals surface area contributed by atoms with Crippen LogP contribution in [-0.4, -0.2) is 16.2 Å². The van der Waals surface area contributed by atoms with Crippen molar-refractivity contribution < 1.29 is 9.26 Å². The van der Waals surface area contributed by atoms with Gasteiger partial charge in [0, 0.05) is 5.56 Å². The largest absolute Gasteiger partial charge is 0.490 e. The summed E-state index contributed by atoms with van der Waals surface area (Å²) >= 11 is 0. The molecular formula is C16H23N3O2. The second kappa shape index (κ2) is 6.26. The molecule has 2 rings (SSSR count). The number of aryl methyl sites for hydroxylation is 2. The highest BCUT2D eigenvalue weighted by molar-refractivity contribution is 5.61. The van der Waals surface area contributed by atoms with Crippen LogP contribution >= 0.6 is 0 Å². The predicted octanol–water partition coefficient (Wildman–Crippen LogP) is 3.55. The van der Waals surface area contributed by atoms with E-state index >= 15 is 0 Å². The van der Waals surface area contributed by atoms with Gasteiger partial charge in [-0.15, -0.1) is 0 Å². The van der Waals surface area contributed by atoms with Gasteiger partial charge in [-0.05, 0) is 57.4 Å². The quantitative estimate of drug-likeness (QED) is 0.911. The molecule has 2 aromatic rings. The first kappa shape index (κ1) is 15.5. The standard InChI is InChI=1S/C16H23N3O2/c1-6-11(4)20-14-9(2)7-13(8-10(14)3)15-18-16(12(5)17)21-19-15/h7-8,11-12H,6,17H2,1-5H3/t11-,12+/m0/s1. The Morgan fingerprint density at radius 1 is 1.24 bits per heavy atom. The molecule has 0 radical (unpaired) electrons. The Labute approximate surface area is 125 Å². The fraction of sp³-hybridized carbons (Fsp3) is 0.500. The van der Waals surface area contributed by atoms with Crippen LogP contribution in [0.3, 0.4) is 0 Å². The number of benzene rings is 1. The topological polar surface area (TPSA) is 74.2 Å². The Bertz CT molecular complexity index is 597. The van der Waals surface area contributed by atoms with Crippen molar-refractivity contribution in [2.24, 2.45) is 5.73 Å². The van der Waals surface area contributed by atoms with E-state index in [2.05, 4.69) is 24.0 Å². The smallest absolute Gasteiger partial charge is 0.243 e. The molecule has 5 heteroatoms. The minimum atomic E-state index is -0.263. The number of aromatic nitrogens is 2. The Morgan fingerprint density at radius 3 is 2.33 bits per heavy atom. The summed E-state index contributed by atoms with van der Waals surface area (Å²) in [5, 5.41) is 3.99. The highest BCUT2D eigenvalue weighted by Crippen LogP contribution is 2.30. The molecule has 114 valence electrons. The van der Waals surface area contributed by atoms with Gasteiger partial charge in [0.05, 0.1) is 12.1 Å². The van der Waals surface area contributed by atoms with E-state index in [0.717, 1.165) is 28.9 Å². The van der Waals surface area contributed by atoms with Crippen molar-refractivity contribution in [1.29, 1.82) is 0 Å². The van der Waals surface area contributed by atoms with Gasteiger partial charge in [-0.1, -0.05) is 12.1 Å². The third-order valence-corrected chi connectivity index (χ3v) is 3.44. The Balaban J connectivity index is 2.34. The molecule has 0 saturated carbocycles. The average molecular weight is 289 g/mol. The van der Waals surface area contributed by atoms with Crippen LogP contribution < -0.4 is 10.5 Å². The van der Waals surface area contributed by atoms with E-state index in [9.17, 15) is 0 Å². The second-order valence-electron chi connectivity index (χ2n) is 5.52. The molecule has 0 spiro atoms. The molecule has 2 atom stereocenters. The monoisotopic (exact) mass is 289 g/mol. The highest BCUT2D eigenvalue weighted by atomic mass is 16.5. The van der Waals surface area contributed by atoms with Crippen molar-refractivity contribution in [3.8, 4) is 17.1 Å². The second-order valence-corrected chi connectivity index (χ2v) is 5.52. The van der Waals surface area contributed by atoms with Crippen molar-refractivity contribution in [3.05, 3.63) is 29.2 Å². The first-order valence-electron chi connectivity index (χ1n) is 7.29. The predicted molar refractivity (Wildman–Crippen MR) is 82.2 cm³/mol. The van der Waals surface area contributed by atoms with Crippen molar-refractivity contribution in [1.82, 2.24) is 10.1 Å². The van der Waals surface area contributed by atoms with Gasteiger partial charge in [-0.3, -0.25) is 0 Å². The fourth-order valence-corrected chi connectivity index (χ4v) is 2.09. The van der Waals surface area contributed by atoms with E-state index in [1.54, 1.807) is 0 Å². The molecule has 0 unspecified atom stereocenters. The summed E-state index contributed by atoms with van der Waals surface area (Å²) < 4.78 is 11.1. The van der Waals surface area contributed by atoms with Gasteiger partial charge in [-0.25, -0.2) is 0 Å². The Kier molecular flexibility index (Phi) is 4.63. The summed E-state index contributed by atoms with van der Waals surface area (Å²) in [6.45, 7) is 10.1. The summed E-state index contributed by atoms with van der Waals surface area (Å²) in [6, 6.07) is 3.77.